The second-order valence-electron chi connectivity index (χ2n) is 10.3. The van der Waals surface area contributed by atoms with Crippen LogP contribution in [0, 0.1) is 17.6 Å². The van der Waals surface area contributed by atoms with E-state index >= 15 is 8.78 Å². The van der Waals surface area contributed by atoms with Gasteiger partial charge < -0.3 is 25.4 Å². The van der Waals surface area contributed by atoms with Gasteiger partial charge in [0.25, 0.3) is 0 Å². The molecule has 1 amide bonds. The van der Waals surface area contributed by atoms with Gasteiger partial charge in [0.05, 0.1) is 29.6 Å². The van der Waals surface area contributed by atoms with Crippen molar-refractivity contribution in [2.75, 3.05) is 38.3 Å². The van der Waals surface area contributed by atoms with Gasteiger partial charge in [0.2, 0.25) is 5.91 Å². The van der Waals surface area contributed by atoms with Gasteiger partial charge in [0, 0.05) is 81.4 Å². The molecular weight excluding hydrogens is 532 g/mol. The fourth-order valence-corrected chi connectivity index (χ4v) is 5.35. The Kier molecular flexibility index (Phi) is 8.41. The first kappa shape index (κ1) is 28.4. The summed E-state index contributed by atoms with van der Waals surface area (Å²) in [5.41, 5.74) is 8.88. The Hall–Kier alpha value is -4.16. The Balaban J connectivity index is 1.42. The summed E-state index contributed by atoms with van der Waals surface area (Å²) in [4.78, 5) is 22.7. The first-order valence-corrected chi connectivity index (χ1v) is 13.4. The van der Waals surface area contributed by atoms with Gasteiger partial charge >= 0.3 is 0 Å². The molecule has 1 aromatic carbocycles. The number of carbonyl (C=O) groups is 1. The number of benzene rings is 1. The topological polar surface area (TPSA) is 120 Å². The molecule has 3 atom stereocenters. The summed E-state index contributed by atoms with van der Waals surface area (Å²) in [6, 6.07) is 7.13. The third-order valence-corrected chi connectivity index (χ3v) is 7.23. The van der Waals surface area contributed by atoms with E-state index in [0.717, 1.165) is 23.4 Å². The van der Waals surface area contributed by atoms with Crippen LogP contribution in [-0.4, -0.2) is 71.0 Å². The molecule has 0 radical (unpaired) electrons. The number of methoxy groups -OCH3 is 1. The minimum Gasteiger partial charge on any atom is -0.491 e. The lowest BCUT2D eigenvalue weighted by Crippen LogP contribution is -2.61. The summed E-state index contributed by atoms with van der Waals surface area (Å²) in [6.45, 7) is 5.29. The van der Waals surface area contributed by atoms with Crippen LogP contribution in [0.25, 0.3) is 16.8 Å². The van der Waals surface area contributed by atoms with E-state index in [-0.39, 0.29) is 47.5 Å². The standard InChI is InChI=1S/C29H33F2N7O3/c1-17-15-37(16-24(32)29(17)35-18(2)39)26-6-7-33-13-19(26)10-27-34-14-20-4-5-25(36-38(20)27)28-22(30)11-21(12-23(28)31)41-9-8-40-3/h4-7,11-14,17,24,29H,8-10,15-16,32H2,1-3H3,(H,35,39)/t17-,24+,29-/m0/s1. The molecular formula is C29H33F2N7O3. The molecule has 1 fully saturated rings. The average Bonchev–Trinajstić information content (AvgIpc) is 3.32. The number of fused-ring (bicyclic) bond motifs is 1. The zero-order valence-electron chi connectivity index (χ0n) is 23.2. The normalized spacial score (nSPS) is 19.0. The number of ether oxygens (including phenoxy) is 2. The highest BCUT2D eigenvalue weighted by Crippen LogP contribution is 2.30. The second-order valence-corrected chi connectivity index (χ2v) is 10.3. The highest BCUT2D eigenvalue weighted by Gasteiger charge is 2.33. The highest BCUT2D eigenvalue weighted by molar-refractivity contribution is 5.73. The van der Waals surface area contributed by atoms with E-state index in [0.29, 0.717) is 37.5 Å². The summed E-state index contributed by atoms with van der Waals surface area (Å²) in [7, 11) is 1.52. The molecule has 41 heavy (non-hydrogen) atoms. The lowest BCUT2D eigenvalue weighted by Gasteiger charge is -2.43. The van der Waals surface area contributed by atoms with Crippen LogP contribution < -0.4 is 20.7 Å². The van der Waals surface area contributed by atoms with Crippen molar-refractivity contribution in [3.63, 3.8) is 0 Å². The number of piperidine rings is 1. The van der Waals surface area contributed by atoms with Crippen molar-refractivity contribution >= 4 is 17.1 Å². The van der Waals surface area contributed by atoms with E-state index in [1.807, 2.05) is 6.07 Å². The largest absolute Gasteiger partial charge is 0.491 e. The quantitative estimate of drug-likeness (QED) is 0.297. The summed E-state index contributed by atoms with van der Waals surface area (Å²) in [5.74, 6) is -0.880. The second kappa shape index (κ2) is 12.1. The molecule has 1 saturated heterocycles. The minimum atomic E-state index is -0.784. The molecule has 3 N–H and O–H groups in total. The van der Waals surface area contributed by atoms with Crippen molar-refractivity contribution in [1.29, 1.82) is 0 Å². The van der Waals surface area contributed by atoms with Crippen LogP contribution in [0.4, 0.5) is 14.5 Å². The molecule has 5 rings (SSSR count). The van der Waals surface area contributed by atoms with E-state index in [1.54, 1.807) is 35.2 Å². The molecule has 1 aliphatic heterocycles. The summed E-state index contributed by atoms with van der Waals surface area (Å²) >= 11 is 0. The fourth-order valence-electron chi connectivity index (χ4n) is 5.35. The third-order valence-electron chi connectivity index (χ3n) is 7.23. The zero-order chi connectivity index (χ0) is 29.1. The van der Waals surface area contributed by atoms with Crippen molar-refractivity contribution in [1.82, 2.24) is 24.9 Å². The maximum atomic E-state index is 15.0. The first-order valence-electron chi connectivity index (χ1n) is 13.4. The number of nitrogens with two attached hydrogens (primary N) is 1. The van der Waals surface area contributed by atoms with Crippen molar-refractivity contribution < 1.29 is 23.0 Å². The number of anilines is 1. The van der Waals surface area contributed by atoms with E-state index in [2.05, 4.69) is 32.2 Å². The van der Waals surface area contributed by atoms with Gasteiger partial charge in [-0.05, 0) is 24.1 Å². The number of hydrogen-bond donors (Lipinski definition) is 2. The number of halogens is 2. The molecule has 216 valence electrons. The maximum Gasteiger partial charge on any atom is 0.217 e. The smallest absolute Gasteiger partial charge is 0.217 e. The Morgan fingerprint density at radius 2 is 1.93 bits per heavy atom. The number of rotatable bonds is 9. The lowest BCUT2D eigenvalue weighted by atomic mass is 9.89. The SMILES string of the molecule is COCCOc1cc(F)c(-c2ccc3cnc(Cc4cnccc4N4C[C@@H](N)[C@@H](NC(C)=O)[C@@H](C)C4)n3n2)c(F)c1. The molecule has 12 heteroatoms. The number of amides is 1. The van der Waals surface area contributed by atoms with E-state index in [1.165, 1.54) is 14.0 Å². The van der Waals surface area contributed by atoms with Crippen LogP contribution in [0.2, 0.25) is 0 Å². The zero-order valence-corrected chi connectivity index (χ0v) is 23.2. The van der Waals surface area contributed by atoms with Crippen molar-refractivity contribution in [2.45, 2.75) is 32.4 Å². The van der Waals surface area contributed by atoms with Crippen LogP contribution in [0.5, 0.6) is 5.75 Å². The summed E-state index contributed by atoms with van der Waals surface area (Å²) in [5, 5.41) is 7.53. The van der Waals surface area contributed by atoms with Crippen LogP contribution in [-0.2, 0) is 16.0 Å². The van der Waals surface area contributed by atoms with Crippen LogP contribution in [0.15, 0.2) is 48.9 Å². The number of hydrogen-bond acceptors (Lipinski definition) is 8. The molecule has 0 spiro atoms. The van der Waals surface area contributed by atoms with Gasteiger partial charge in [-0.2, -0.15) is 5.10 Å². The van der Waals surface area contributed by atoms with Gasteiger partial charge in [-0.25, -0.2) is 18.3 Å². The van der Waals surface area contributed by atoms with Gasteiger partial charge in [-0.3, -0.25) is 9.78 Å². The number of nitrogens with zero attached hydrogens (tertiary/aromatic N) is 5. The number of aromatic nitrogens is 4. The van der Waals surface area contributed by atoms with E-state index < -0.39 is 11.6 Å². The molecule has 0 aliphatic carbocycles. The summed E-state index contributed by atoms with van der Waals surface area (Å²) in [6.07, 6.45) is 5.54. The summed E-state index contributed by atoms with van der Waals surface area (Å²) < 4.78 is 41.9. The molecule has 1 aliphatic rings. The molecule has 0 unspecified atom stereocenters. The Labute approximate surface area is 236 Å². The van der Waals surface area contributed by atoms with Crippen LogP contribution in [0.1, 0.15) is 25.2 Å². The van der Waals surface area contributed by atoms with Crippen LogP contribution >= 0.6 is 0 Å². The van der Waals surface area contributed by atoms with Gasteiger partial charge in [-0.1, -0.05) is 6.92 Å². The van der Waals surface area contributed by atoms with Gasteiger partial charge in [-0.15, -0.1) is 0 Å². The first-order chi connectivity index (χ1) is 19.7. The van der Waals surface area contributed by atoms with Gasteiger partial charge in [0.15, 0.2) is 0 Å². The molecule has 0 saturated carbocycles. The molecule has 4 heterocycles. The third kappa shape index (κ3) is 6.13. The molecule has 0 bridgehead atoms. The Morgan fingerprint density at radius 3 is 2.63 bits per heavy atom. The average molecular weight is 566 g/mol. The number of nitrogens with one attached hydrogen (secondary N) is 1. The molecule has 10 nitrogen and oxygen atoms in total. The Bertz CT molecular complexity index is 1510. The monoisotopic (exact) mass is 565 g/mol. The fraction of sp³-hybridized carbons (Fsp3) is 0.379. The van der Waals surface area contributed by atoms with Crippen LogP contribution in [0.3, 0.4) is 0 Å². The van der Waals surface area contributed by atoms with Crippen molar-refractivity contribution in [3.05, 3.63) is 71.9 Å². The van der Waals surface area contributed by atoms with Crippen molar-refractivity contribution in [2.24, 2.45) is 11.7 Å². The number of pyridine rings is 1. The predicted octanol–water partition coefficient (Wildman–Crippen LogP) is 2.97. The van der Waals surface area contributed by atoms with E-state index in [4.69, 9.17) is 15.2 Å². The highest BCUT2D eigenvalue weighted by atomic mass is 19.1. The molecule has 3 aromatic heterocycles. The van der Waals surface area contributed by atoms with Gasteiger partial charge in [0.1, 0.15) is 29.8 Å². The number of carbonyl (C=O) groups excluding carboxylic acids is 1. The lowest BCUT2D eigenvalue weighted by molar-refractivity contribution is -0.120. The van der Waals surface area contributed by atoms with Crippen molar-refractivity contribution in [3.8, 4) is 17.0 Å². The minimum absolute atomic E-state index is 0.0736. The predicted molar refractivity (Wildman–Crippen MR) is 150 cm³/mol. The van der Waals surface area contributed by atoms with E-state index in [9.17, 15) is 4.79 Å². The number of imidazole rings is 1. The molecule has 4 aromatic rings. The Morgan fingerprint density at radius 1 is 1.15 bits per heavy atom. The maximum absolute atomic E-state index is 15.0.